The van der Waals surface area contributed by atoms with Crippen LogP contribution in [0, 0.1) is 0 Å². The van der Waals surface area contributed by atoms with E-state index < -0.39 is 0 Å². The Hall–Kier alpha value is -1.05. The number of aromatic nitrogens is 1. The number of hydrogen-bond acceptors (Lipinski definition) is 1. The van der Waals surface area contributed by atoms with E-state index in [1.165, 1.54) is 89.9 Å². The van der Waals surface area contributed by atoms with Gasteiger partial charge in [-0.1, -0.05) is 96.8 Å². The molecule has 0 aromatic carbocycles. The van der Waals surface area contributed by atoms with Crippen LogP contribution in [-0.2, 0) is 0 Å². The normalized spacial score (nSPS) is 11.0. The predicted octanol–water partition coefficient (Wildman–Crippen LogP) is 7.46. The number of hydrogen-bond donors (Lipinski definition) is 1. The van der Waals surface area contributed by atoms with Crippen molar-refractivity contribution < 1.29 is 4.79 Å². The predicted molar refractivity (Wildman–Crippen MR) is 105 cm³/mol. The van der Waals surface area contributed by atoms with Crippen LogP contribution in [0.2, 0.25) is 0 Å². The Kier molecular flexibility index (Phi) is 13.5. The number of rotatable bonds is 17. The molecule has 1 N–H and O–H groups in total. The largest absolute Gasteiger partial charge is 0.367 e. The van der Waals surface area contributed by atoms with Gasteiger partial charge in [0.25, 0.3) is 0 Å². The van der Waals surface area contributed by atoms with Gasteiger partial charge in [-0.05, 0) is 12.5 Å². The van der Waals surface area contributed by atoms with Gasteiger partial charge in [-0.3, -0.25) is 4.79 Å². The molecular weight excluding hydrogens is 294 g/mol. The van der Waals surface area contributed by atoms with E-state index in [1.807, 2.05) is 12.3 Å². The molecule has 0 bridgehead atoms. The molecule has 2 heteroatoms. The Morgan fingerprint density at radius 3 is 1.62 bits per heavy atom. The van der Waals surface area contributed by atoms with Crippen molar-refractivity contribution in [2.75, 3.05) is 0 Å². The van der Waals surface area contributed by atoms with E-state index in [1.54, 1.807) is 6.20 Å². The summed E-state index contributed by atoms with van der Waals surface area (Å²) in [5, 5.41) is 0. The van der Waals surface area contributed by atoms with E-state index in [4.69, 9.17) is 0 Å². The molecule has 0 unspecified atom stereocenters. The summed E-state index contributed by atoms with van der Waals surface area (Å²) in [7, 11) is 0. The van der Waals surface area contributed by atoms with Gasteiger partial charge in [-0.15, -0.1) is 0 Å². The number of unbranched alkanes of at least 4 members (excludes halogenated alkanes) is 14. The maximum Gasteiger partial charge on any atom is 0.164 e. The quantitative estimate of drug-likeness (QED) is 0.233. The van der Waals surface area contributed by atoms with Gasteiger partial charge < -0.3 is 4.98 Å². The molecular formula is C22H39NO. The van der Waals surface area contributed by atoms with Crippen molar-refractivity contribution in [3.05, 3.63) is 24.0 Å². The highest BCUT2D eigenvalue weighted by Gasteiger charge is 2.04. The fourth-order valence-corrected chi connectivity index (χ4v) is 3.30. The smallest absolute Gasteiger partial charge is 0.164 e. The number of aromatic amines is 1. The molecule has 0 atom stereocenters. The summed E-state index contributed by atoms with van der Waals surface area (Å²) < 4.78 is 0. The van der Waals surface area contributed by atoms with Crippen molar-refractivity contribution in [2.45, 2.75) is 110 Å². The second-order valence-corrected chi connectivity index (χ2v) is 7.22. The maximum atomic E-state index is 11.8. The van der Waals surface area contributed by atoms with Gasteiger partial charge in [0, 0.05) is 24.4 Å². The minimum absolute atomic E-state index is 0.283. The van der Waals surface area contributed by atoms with Crippen LogP contribution < -0.4 is 0 Å². The van der Waals surface area contributed by atoms with Gasteiger partial charge in [-0.2, -0.15) is 0 Å². The van der Waals surface area contributed by atoms with Gasteiger partial charge in [0.05, 0.1) is 0 Å². The summed E-state index contributed by atoms with van der Waals surface area (Å²) in [5.41, 5.74) is 0.834. The minimum Gasteiger partial charge on any atom is -0.367 e. The topological polar surface area (TPSA) is 32.9 Å². The van der Waals surface area contributed by atoms with E-state index >= 15 is 0 Å². The number of nitrogens with one attached hydrogen (secondary N) is 1. The Bertz CT molecular complexity index is 383. The third-order valence-corrected chi connectivity index (χ3v) is 4.93. The van der Waals surface area contributed by atoms with Gasteiger partial charge >= 0.3 is 0 Å². The molecule has 0 amide bonds. The van der Waals surface area contributed by atoms with Crippen LogP contribution in [0.15, 0.2) is 18.5 Å². The zero-order valence-corrected chi connectivity index (χ0v) is 16.0. The summed E-state index contributed by atoms with van der Waals surface area (Å²) in [6, 6.07) is 1.87. The van der Waals surface area contributed by atoms with E-state index in [2.05, 4.69) is 11.9 Å². The van der Waals surface area contributed by atoms with E-state index in [9.17, 15) is 4.79 Å². The molecule has 2 nitrogen and oxygen atoms in total. The van der Waals surface area contributed by atoms with Crippen LogP contribution in [0.1, 0.15) is 120 Å². The molecule has 0 saturated carbocycles. The third-order valence-electron chi connectivity index (χ3n) is 4.93. The summed E-state index contributed by atoms with van der Waals surface area (Å²) in [6.07, 6.45) is 24.8. The van der Waals surface area contributed by atoms with Crippen LogP contribution in [0.25, 0.3) is 0 Å². The highest BCUT2D eigenvalue weighted by Crippen LogP contribution is 2.14. The molecule has 138 valence electrons. The average Bonchev–Trinajstić information content (AvgIpc) is 3.13. The van der Waals surface area contributed by atoms with Crippen molar-refractivity contribution in [3.63, 3.8) is 0 Å². The van der Waals surface area contributed by atoms with Crippen LogP contribution in [0.4, 0.5) is 0 Å². The zero-order valence-electron chi connectivity index (χ0n) is 16.0. The van der Waals surface area contributed by atoms with Crippen LogP contribution >= 0.6 is 0 Å². The summed E-state index contributed by atoms with van der Waals surface area (Å²) in [4.78, 5) is 14.8. The summed E-state index contributed by atoms with van der Waals surface area (Å²) in [6.45, 7) is 2.28. The fraction of sp³-hybridized carbons (Fsp3) is 0.773. The first-order chi connectivity index (χ1) is 11.8. The maximum absolute atomic E-state index is 11.8. The summed E-state index contributed by atoms with van der Waals surface area (Å²) >= 11 is 0. The molecule has 1 aromatic heterocycles. The number of carbonyl (C=O) groups excluding carboxylic acids is 1. The molecule has 0 fully saturated rings. The molecule has 0 aliphatic rings. The lowest BCUT2D eigenvalue weighted by molar-refractivity contribution is 0.0979. The lowest BCUT2D eigenvalue weighted by Crippen LogP contribution is -1.96. The van der Waals surface area contributed by atoms with Crippen molar-refractivity contribution in [1.82, 2.24) is 4.98 Å². The van der Waals surface area contributed by atoms with Crippen LogP contribution in [-0.4, -0.2) is 10.8 Å². The first-order valence-corrected chi connectivity index (χ1v) is 10.5. The van der Waals surface area contributed by atoms with Gasteiger partial charge in [-0.25, -0.2) is 0 Å². The summed E-state index contributed by atoms with van der Waals surface area (Å²) in [5.74, 6) is 0.283. The first-order valence-electron chi connectivity index (χ1n) is 10.5. The lowest BCUT2D eigenvalue weighted by Gasteiger charge is -2.03. The highest BCUT2D eigenvalue weighted by atomic mass is 16.1. The van der Waals surface area contributed by atoms with Gasteiger partial charge in [0.15, 0.2) is 5.78 Å². The van der Waals surface area contributed by atoms with E-state index in [0.29, 0.717) is 6.42 Å². The number of ketones is 1. The second kappa shape index (κ2) is 15.5. The van der Waals surface area contributed by atoms with Crippen LogP contribution in [0.5, 0.6) is 0 Å². The molecule has 1 heterocycles. The minimum atomic E-state index is 0.283. The lowest BCUT2D eigenvalue weighted by atomic mass is 10.0. The zero-order chi connectivity index (χ0) is 17.3. The Morgan fingerprint density at radius 1 is 0.750 bits per heavy atom. The third kappa shape index (κ3) is 11.5. The number of carbonyl (C=O) groups is 1. The number of Topliss-reactive ketones (excluding diaryl/α,β-unsaturated/α-hetero) is 1. The van der Waals surface area contributed by atoms with Crippen molar-refractivity contribution in [2.24, 2.45) is 0 Å². The Labute approximate surface area is 149 Å². The van der Waals surface area contributed by atoms with Crippen molar-refractivity contribution in [3.8, 4) is 0 Å². The molecule has 24 heavy (non-hydrogen) atoms. The van der Waals surface area contributed by atoms with Crippen molar-refractivity contribution in [1.29, 1.82) is 0 Å². The Balaban J connectivity index is 1.74. The van der Waals surface area contributed by atoms with Gasteiger partial charge in [0.2, 0.25) is 0 Å². The first kappa shape index (κ1) is 21.0. The molecule has 0 aliphatic heterocycles. The average molecular weight is 334 g/mol. The number of H-pyrrole nitrogens is 1. The van der Waals surface area contributed by atoms with Crippen molar-refractivity contribution >= 4 is 5.78 Å². The fourth-order valence-electron chi connectivity index (χ4n) is 3.30. The highest BCUT2D eigenvalue weighted by molar-refractivity contribution is 5.95. The second-order valence-electron chi connectivity index (χ2n) is 7.22. The molecule has 0 spiro atoms. The Morgan fingerprint density at radius 2 is 1.21 bits per heavy atom. The van der Waals surface area contributed by atoms with E-state index in [-0.39, 0.29) is 5.78 Å². The standard InChI is InChI=1S/C22H39NO/c1-2-3-4-5-6-7-8-9-10-11-12-13-14-15-16-17-22(24)21-18-19-23-20-21/h18-20,23H,2-17H2,1H3. The molecule has 0 saturated heterocycles. The molecule has 1 rings (SSSR count). The molecule has 0 radical (unpaired) electrons. The van der Waals surface area contributed by atoms with Crippen LogP contribution in [0.3, 0.4) is 0 Å². The molecule has 1 aromatic rings. The monoisotopic (exact) mass is 333 g/mol. The molecule has 0 aliphatic carbocycles. The van der Waals surface area contributed by atoms with Gasteiger partial charge in [0.1, 0.15) is 0 Å². The van der Waals surface area contributed by atoms with E-state index in [0.717, 1.165) is 12.0 Å². The SMILES string of the molecule is CCCCCCCCCCCCCCCCCC(=O)c1cc[nH]c1.